The molecule has 3 rings (SSSR count). The molecule has 3 aliphatic rings. The van der Waals surface area contributed by atoms with Crippen LogP contribution in [0.4, 0.5) is 4.39 Å². The van der Waals surface area contributed by atoms with E-state index in [9.17, 15) is 14.6 Å². The van der Waals surface area contributed by atoms with Gasteiger partial charge in [-0.1, -0.05) is 0 Å². The van der Waals surface area contributed by atoms with Crippen LogP contribution in [-0.2, 0) is 4.74 Å². The Morgan fingerprint density at radius 3 is 2.71 bits per heavy atom. The lowest BCUT2D eigenvalue weighted by Crippen LogP contribution is -2.52. The minimum absolute atomic E-state index is 0.287. The third-order valence-electron chi connectivity index (χ3n) is 3.94. The summed E-state index contributed by atoms with van der Waals surface area (Å²) < 4.78 is 18.4. The smallest absolute Gasteiger partial charge is 0.288 e. The fourth-order valence-electron chi connectivity index (χ4n) is 2.67. The van der Waals surface area contributed by atoms with Gasteiger partial charge in [0.2, 0.25) is 0 Å². The number of rotatable bonds is 1. The lowest BCUT2D eigenvalue weighted by molar-refractivity contribution is -0.0893. The number of hydrogen-bond donors (Lipinski definition) is 2. The van der Waals surface area contributed by atoms with Gasteiger partial charge in [0.25, 0.3) is 6.02 Å². The van der Waals surface area contributed by atoms with E-state index < -0.39 is 30.8 Å². The molecule has 1 saturated carbocycles. The largest absolute Gasteiger partial charge is 0.459 e. The minimum atomic E-state index is -1.04. The molecule has 2 N–H and O–H groups in total. The Labute approximate surface area is 98.9 Å². The zero-order chi connectivity index (χ0) is 12.0. The normalized spacial score (nSPS) is 44.8. The van der Waals surface area contributed by atoms with Crippen molar-refractivity contribution in [2.24, 2.45) is 10.9 Å². The van der Waals surface area contributed by atoms with E-state index in [2.05, 4.69) is 4.99 Å². The van der Waals surface area contributed by atoms with Gasteiger partial charge in [0, 0.05) is 19.0 Å². The SMILES string of the molecule is OC1C(CF)CC2OC(N3CCC3)=NC2C1O. The van der Waals surface area contributed by atoms with Gasteiger partial charge in [0.1, 0.15) is 18.2 Å². The number of likely N-dealkylation sites (tertiary alicyclic amines) is 1. The summed E-state index contributed by atoms with van der Waals surface area (Å²) in [6, 6.07) is 0.111. The van der Waals surface area contributed by atoms with E-state index in [0.29, 0.717) is 12.4 Å². The van der Waals surface area contributed by atoms with Gasteiger partial charge in [-0.15, -0.1) is 0 Å². The number of amidine groups is 1. The summed E-state index contributed by atoms with van der Waals surface area (Å²) in [5, 5.41) is 19.7. The van der Waals surface area contributed by atoms with E-state index in [1.54, 1.807) is 0 Å². The van der Waals surface area contributed by atoms with Crippen LogP contribution in [0.2, 0.25) is 0 Å². The standard InChI is InChI=1S/C11H17FN2O3/c12-5-6-4-7-8(10(16)9(6)15)13-11(17-7)14-2-1-3-14/h6-10,15-16H,1-5H2. The summed E-state index contributed by atoms with van der Waals surface area (Å²) in [5.41, 5.74) is 0. The highest BCUT2D eigenvalue weighted by molar-refractivity contribution is 5.76. The number of alkyl halides is 1. The van der Waals surface area contributed by atoms with Gasteiger partial charge >= 0.3 is 0 Å². The molecule has 1 saturated heterocycles. The first-order chi connectivity index (χ1) is 8.20. The van der Waals surface area contributed by atoms with Crippen LogP contribution in [0.3, 0.4) is 0 Å². The summed E-state index contributed by atoms with van der Waals surface area (Å²) in [6.07, 6.45) is -0.807. The molecule has 0 bridgehead atoms. The summed E-state index contributed by atoms with van der Waals surface area (Å²) in [5.74, 6) is -0.544. The van der Waals surface area contributed by atoms with Crippen molar-refractivity contribution in [2.45, 2.75) is 37.2 Å². The highest BCUT2D eigenvalue weighted by atomic mass is 19.1. The van der Waals surface area contributed by atoms with Crippen molar-refractivity contribution in [3.8, 4) is 0 Å². The first-order valence-corrected chi connectivity index (χ1v) is 6.12. The Bertz CT molecular complexity index is 335. The molecule has 96 valence electrons. The molecule has 0 spiro atoms. The third-order valence-corrected chi connectivity index (χ3v) is 3.94. The molecule has 2 heterocycles. The molecular weight excluding hydrogens is 227 g/mol. The van der Waals surface area contributed by atoms with E-state index in [1.807, 2.05) is 4.90 Å². The van der Waals surface area contributed by atoms with E-state index >= 15 is 0 Å². The first kappa shape index (κ1) is 11.2. The molecule has 2 fully saturated rings. The van der Waals surface area contributed by atoms with Crippen molar-refractivity contribution >= 4 is 6.02 Å². The Kier molecular flexibility index (Phi) is 2.71. The molecule has 5 unspecified atom stereocenters. The van der Waals surface area contributed by atoms with Gasteiger partial charge in [-0.3, -0.25) is 4.39 Å². The molecule has 0 radical (unpaired) electrons. The summed E-state index contributed by atoms with van der Waals surface area (Å²) in [7, 11) is 0. The maximum Gasteiger partial charge on any atom is 0.288 e. The predicted octanol–water partition coefficient (Wildman–Crippen LogP) is -0.473. The highest BCUT2D eigenvalue weighted by Gasteiger charge is 2.48. The summed E-state index contributed by atoms with van der Waals surface area (Å²) in [4.78, 5) is 6.32. The number of ether oxygens (including phenoxy) is 1. The second-order valence-corrected chi connectivity index (χ2v) is 5.03. The molecule has 6 heteroatoms. The number of aliphatic imine (C=N–C) groups is 1. The van der Waals surface area contributed by atoms with Crippen LogP contribution < -0.4 is 0 Å². The van der Waals surface area contributed by atoms with Gasteiger partial charge in [-0.25, -0.2) is 4.99 Å². The average Bonchev–Trinajstić information content (AvgIpc) is 2.64. The Morgan fingerprint density at radius 2 is 2.12 bits per heavy atom. The van der Waals surface area contributed by atoms with Gasteiger partial charge < -0.3 is 19.8 Å². The van der Waals surface area contributed by atoms with E-state index in [4.69, 9.17) is 4.74 Å². The zero-order valence-corrected chi connectivity index (χ0v) is 9.50. The Morgan fingerprint density at radius 1 is 1.35 bits per heavy atom. The molecule has 0 amide bonds. The second-order valence-electron chi connectivity index (χ2n) is 5.03. The molecule has 0 aromatic heterocycles. The number of nitrogens with zero attached hydrogens (tertiary/aromatic N) is 2. The number of aliphatic hydroxyl groups excluding tert-OH is 2. The minimum Gasteiger partial charge on any atom is -0.459 e. The van der Waals surface area contributed by atoms with Crippen LogP contribution in [-0.4, -0.2) is 65.3 Å². The zero-order valence-electron chi connectivity index (χ0n) is 9.50. The highest BCUT2D eigenvalue weighted by Crippen LogP contribution is 2.34. The van der Waals surface area contributed by atoms with Gasteiger partial charge in [0.15, 0.2) is 0 Å². The van der Waals surface area contributed by atoms with Crippen molar-refractivity contribution in [1.82, 2.24) is 4.90 Å². The Balaban J connectivity index is 1.74. The number of halogens is 1. The lowest BCUT2D eigenvalue weighted by Gasteiger charge is -2.36. The average molecular weight is 244 g/mol. The maximum atomic E-state index is 12.7. The lowest BCUT2D eigenvalue weighted by atomic mass is 9.80. The predicted molar refractivity (Wildman–Crippen MR) is 58.4 cm³/mol. The molecule has 17 heavy (non-hydrogen) atoms. The van der Waals surface area contributed by atoms with Gasteiger partial charge in [0.05, 0.1) is 12.8 Å². The molecule has 5 nitrogen and oxygen atoms in total. The Hall–Kier alpha value is -0.880. The van der Waals surface area contributed by atoms with E-state index in [1.165, 1.54) is 0 Å². The van der Waals surface area contributed by atoms with Gasteiger partial charge in [-0.05, 0) is 12.8 Å². The van der Waals surface area contributed by atoms with Crippen molar-refractivity contribution in [3.05, 3.63) is 0 Å². The topological polar surface area (TPSA) is 65.3 Å². The van der Waals surface area contributed by atoms with Crippen LogP contribution in [0.5, 0.6) is 0 Å². The van der Waals surface area contributed by atoms with Crippen LogP contribution in [0, 0.1) is 5.92 Å². The van der Waals surface area contributed by atoms with Crippen molar-refractivity contribution in [3.63, 3.8) is 0 Å². The molecule has 2 aliphatic heterocycles. The fourth-order valence-corrected chi connectivity index (χ4v) is 2.67. The van der Waals surface area contributed by atoms with Crippen molar-refractivity contribution < 1.29 is 19.3 Å². The second kappa shape index (κ2) is 4.10. The van der Waals surface area contributed by atoms with Crippen LogP contribution in [0.25, 0.3) is 0 Å². The van der Waals surface area contributed by atoms with Gasteiger partial charge in [-0.2, -0.15) is 0 Å². The summed E-state index contributed by atoms with van der Waals surface area (Å²) in [6.45, 7) is 1.21. The quantitative estimate of drug-likeness (QED) is 0.654. The fraction of sp³-hybridized carbons (Fsp3) is 0.909. The van der Waals surface area contributed by atoms with Crippen LogP contribution in [0.1, 0.15) is 12.8 Å². The van der Waals surface area contributed by atoms with E-state index in [-0.39, 0.29) is 6.10 Å². The third kappa shape index (κ3) is 1.70. The van der Waals surface area contributed by atoms with E-state index in [0.717, 1.165) is 19.5 Å². The molecule has 0 aromatic carbocycles. The molecule has 1 aliphatic carbocycles. The summed E-state index contributed by atoms with van der Waals surface area (Å²) >= 11 is 0. The number of hydrogen-bond acceptors (Lipinski definition) is 5. The van der Waals surface area contributed by atoms with Crippen molar-refractivity contribution in [1.29, 1.82) is 0 Å². The van der Waals surface area contributed by atoms with Crippen LogP contribution >= 0.6 is 0 Å². The first-order valence-electron chi connectivity index (χ1n) is 6.12. The molecule has 0 aromatic rings. The van der Waals surface area contributed by atoms with Crippen molar-refractivity contribution in [2.75, 3.05) is 19.8 Å². The molecular formula is C11H17FN2O3. The number of aliphatic hydroxyl groups is 2. The molecule has 5 atom stereocenters. The maximum absolute atomic E-state index is 12.7. The van der Waals surface area contributed by atoms with Crippen LogP contribution in [0.15, 0.2) is 4.99 Å². The monoisotopic (exact) mass is 244 g/mol. The number of fused-ring (bicyclic) bond motifs is 1.